The van der Waals surface area contributed by atoms with Crippen LogP contribution in [0.5, 0.6) is 0 Å². The van der Waals surface area contributed by atoms with Crippen LogP contribution in [0.3, 0.4) is 0 Å². The van der Waals surface area contributed by atoms with Crippen LogP contribution in [0, 0.1) is 12.8 Å². The highest BCUT2D eigenvalue weighted by atomic mass is 14.9. The van der Waals surface area contributed by atoms with E-state index in [0.29, 0.717) is 12.3 Å². The van der Waals surface area contributed by atoms with Gasteiger partial charge < -0.3 is 16.0 Å². The van der Waals surface area contributed by atoms with Gasteiger partial charge in [0, 0.05) is 58.4 Å². The smallest absolute Gasteiger partial charge is 0.0381 e. The van der Waals surface area contributed by atoms with Gasteiger partial charge in [0.05, 0.1) is 0 Å². The lowest BCUT2D eigenvalue weighted by Crippen LogP contribution is -2.23. The van der Waals surface area contributed by atoms with Crippen LogP contribution >= 0.6 is 0 Å². The maximum absolute atomic E-state index is 6.45. The van der Waals surface area contributed by atoms with Crippen molar-refractivity contribution in [2.24, 2.45) is 5.92 Å². The Bertz CT molecular complexity index is 1410. The Balaban J connectivity index is 1.59. The van der Waals surface area contributed by atoms with Crippen molar-refractivity contribution in [3.05, 3.63) is 144 Å². The Morgan fingerprint density at radius 3 is 2.63 bits per heavy atom. The molecule has 38 heavy (non-hydrogen) atoms. The average Bonchev–Trinajstić information content (AvgIpc) is 3.25. The molecule has 1 fully saturated rings. The number of rotatable bonds is 11. The van der Waals surface area contributed by atoms with E-state index in [9.17, 15) is 0 Å². The van der Waals surface area contributed by atoms with E-state index >= 15 is 0 Å². The van der Waals surface area contributed by atoms with Gasteiger partial charge in [-0.2, -0.15) is 0 Å². The number of benzene rings is 1. The van der Waals surface area contributed by atoms with Crippen LogP contribution in [0.1, 0.15) is 59.8 Å². The van der Waals surface area contributed by atoms with Crippen molar-refractivity contribution in [3.63, 3.8) is 0 Å². The normalized spacial score (nSPS) is 14.6. The molecule has 4 N–H and O–H groups in total. The van der Waals surface area contributed by atoms with E-state index in [1.54, 1.807) is 6.20 Å². The Hall–Kier alpha value is -4.31. The molecule has 2 heterocycles. The maximum Gasteiger partial charge on any atom is 0.0381 e. The minimum absolute atomic E-state index is 0.560. The topological polar surface area (TPSA) is 66.7 Å². The van der Waals surface area contributed by atoms with Gasteiger partial charge in [-0.1, -0.05) is 56.5 Å². The lowest BCUT2D eigenvalue weighted by Gasteiger charge is -2.28. The second-order valence-corrected chi connectivity index (χ2v) is 9.81. The molecule has 4 nitrogen and oxygen atoms in total. The molecule has 4 rings (SSSR count). The molecular formula is C34H38N4. The first kappa shape index (κ1) is 26.7. The minimum atomic E-state index is 0.560. The third kappa shape index (κ3) is 6.15. The van der Waals surface area contributed by atoms with Gasteiger partial charge in [0.15, 0.2) is 0 Å². The molecule has 3 aromatic rings. The van der Waals surface area contributed by atoms with Crippen molar-refractivity contribution in [3.8, 4) is 0 Å². The van der Waals surface area contributed by atoms with E-state index in [4.69, 9.17) is 5.73 Å². The fourth-order valence-electron chi connectivity index (χ4n) is 4.82. The molecule has 0 radical (unpaired) electrons. The molecule has 1 aliphatic rings. The van der Waals surface area contributed by atoms with Crippen molar-refractivity contribution in [1.29, 1.82) is 0 Å². The van der Waals surface area contributed by atoms with Crippen molar-refractivity contribution in [1.82, 2.24) is 15.3 Å². The molecule has 194 valence electrons. The molecule has 0 spiro atoms. The van der Waals surface area contributed by atoms with Gasteiger partial charge in [0.2, 0.25) is 0 Å². The molecule has 1 aromatic carbocycles. The standard InChI is InChI=1S/C34H38N4/c1-6-11-32(28-14-10-17-36-22-28)33-21-31(38-24(33)5)20-29-18-27(15-16-34(29)35)25(7-2)19-30(8-3)37-23(4)26-12-9-13-26/h6-8,10-11,14-19,21-22,26,37-38H,1,3-4,9,12-13,20,35H2,2,5H3/b25-7+,30-19+,32-11-. The summed E-state index contributed by atoms with van der Waals surface area (Å²) in [6.45, 7) is 16.3. The summed E-state index contributed by atoms with van der Waals surface area (Å²) < 4.78 is 0. The minimum Gasteiger partial charge on any atom is -0.398 e. The first-order valence-electron chi connectivity index (χ1n) is 13.2. The predicted octanol–water partition coefficient (Wildman–Crippen LogP) is 7.89. The van der Waals surface area contributed by atoms with Crippen LogP contribution in [-0.2, 0) is 6.42 Å². The average molecular weight is 503 g/mol. The molecule has 0 aliphatic heterocycles. The van der Waals surface area contributed by atoms with Crippen LogP contribution in [0.2, 0.25) is 0 Å². The third-order valence-electron chi connectivity index (χ3n) is 7.22. The Morgan fingerprint density at radius 2 is 2.00 bits per heavy atom. The van der Waals surface area contributed by atoms with E-state index in [-0.39, 0.29) is 0 Å². The number of aromatic nitrogens is 2. The molecule has 2 aromatic heterocycles. The Morgan fingerprint density at radius 1 is 1.18 bits per heavy atom. The molecule has 0 bridgehead atoms. The van der Waals surface area contributed by atoms with Crippen LogP contribution in [0.15, 0.2) is 110 Å². The second kappa shape index (κ2) is 12.3. The van der Waals surface area contributed by atoms with E-state index < -0.39 is 0 Å². The third-order valence-corrected chi connectivity index (χ3v) is 7.22. The molecule has 0 unspecified atom stereocenters. The summed E-state index contributed by atoms with van der Waals surface area (Å²) in [4.78, 5) is 7.86. The fraction of sp³-hybridized carbons (Fsp3) is 0.206. The van der Waals surface area contributed by atoms with Crippen molar-refractivity contribution >= 4 is 16.8 Å². The number of H-pyrrole nitrogens is 1. The Kier molecular flexibility index (Phi) is 8.65. The van der Waals surface area contributed by atoms with Gasteiger partial charge in [-0.25, -0.2) is 0 Å². The molecule has 1 saturated carbocycles. The number of hydrogen-bond donors (Lipinski definition) is 3. The van der Waals surface area contributed by atoms with Crippen molar-refractivity contribution in [2.45, 2.75) is 39.5 Å². The highest BCUT2D eigenvalue weighted by Gasteiger charge is 2.20. The maximum atomic E-state index is 6.45. The zero-order valence-corrected chi connectivity index (χ0v) is 22.6. The molecule has 0 amide bonds. The van der Waals surface area contributed by atoms with Crippen LogP contribution in [0.4, 0.5) is 5.69 Å². The number of pyridine rings is 1. The summed E-state index contributed by atoms with van der Waals surface area (Å²) in [6, 6.07) is 12.5. The molecule has 1 aliphatic carbocycles. The summed E-state index contributed by atoms with van der Waals surface area (Å²) in [6.07, 6.45) is 18.0. The quantitative estimate of drug-likeness (QED) is 0.184. The predicted molar refractivity (Wildman–Crippen MR) is 162 cm³/mol. The molecule has 4 heteroatoms. The van der Waals surface area contributed by atoms with Gasteiger partial charge in [-0.3, -0.25) is 4.98 Å². The second-order valence-electron chi connectivity index (χ2n) is 9.81. The summed E-state index contributed by atoms with van der Waals surface area (Å²) >= 11 is 0. The Labute approximate surface area is 227 Å². The van der Waals surface area contributed by atoms with Gasteiger partial charge in [0.1, 0.15) is 0 Å². The number of nitrogens with zero attached hydrogens (tertiary/aromatic N) is 1. The number of aryl methyl sites for hydroxylation is 1. The zero-order valence-electron chi connectivity index (χ0n) is 22.6. The number of aromatic amines is 1. The number of nitrogens with two attached hydrogens (primary N) is 1. The lowest BCUT2D eigenvalue weighted by atomic mass is 9.83. The fourth-order valence-corrected chi connectivity index (χ4v) is 4.82. The first-order valence-corrected chi connectivity index (χ1v) is 13.2. The molecular weight excluding hydrogens is 464 g/mol. The summed E-state index contributed by atoms with van der Waals surface area (Å²) in [5.41, 5.74) is 18.0. The van der Waals surface area contributed by atoms with Crippen molar-refractivity contribution < 1.29 is 0 Å². The number of nitrogen functional groups attached to an aromatic ring is 1. The van der Waals surface area contributed by atoms with E-state index in [1.807, 2.05) is 36.6 Å². The first-order chi connectivity index (χ1) is 18.4. The highest BCUT2D eigenvalue weighted by Crippen LogP contribution is 2.32. The van der Waals surface area contributed by atoms with Gasteiger partial charge >= 0.3 is 0 Å². The van der Waals surface area contributed by atoms with Crippen molar-refractivity contribution in [2.75, 3.05) is 5.73 Å². The summed E-state index contributed by atoms with van der Waals surface area (Å²) in [7, 11) is 0. The van der Waals surface area contributed by atoms with Crippen LogP contribution in [-0.4, -0.2) is 9.97 Å². The number of nitrogens with one attached hydrogen (secondary N) is 2. The molecule has 0 saturated heterocycles. The van der Waals surface area contributed by atoms with Crippen LogP contribution < -0.4 is 11.1 Å². The van der Waals surface area contributed by atoms with Gasteiger partial charge in [-0.15, -0.1) is 0 Å². The summed E-state index contributed by atoms with van der Waals surface area (Å²) in [5, 5.41) is 3.47. The lowest BCUT2D eigenvalue weighted by molar-refractivity contribution is 0.356. The van der Waals surface area contributed by atoms with Gasteiger partial charge in [-0.05, 0) is 91.3 Å². The van der Waals surface area contributed by atoms with E-state index in [1.165, 1.54) is 19.3 Å². The van der Waals surface area contributed by atoms with E-state index in [2.05, 4.69) is 85.3 Å². The zero-order chi connectivity index (χ0) is 27.1. The largest absolute Gasteiger partial charge is 0.398 e. The van der Waals surface area contributed by atoms with Crippen LogP contribution in [0.25, 0.3) is 11.1 Å². The monoisotopic (exact) mass is 502 g/mol. The number of hydrogen-bond acceptors (Lipinski definition) is 3. The SMILES string of the molecule is C=C/C=C(/c1cccnc1)c1cc(Cc2cc(C(/C=C(\C=C)NC(=C)C3CCC3)=C/C)ccc2N)[nH]c1C. The highest BCUT2D eigenvalue weighted by molar-refractivity contribution is 5.82. The number of allylic oxidation sites excluding steroid dienone is 7. The van der Waals surface area contributed by atoms with E-state index in [0.717, 1.165) is 61.9 Å². The summed E-state index contributed by atoms with van der Waals surface area (Å²) in [5.74, 6) is 0.560. The van der Waals surface area contributed by atoms with Gasteiger partial charge in [0.25, 0.3) is 0 Å². The molecule has 0 atom stereocenters. The number of anilines is 1.